The third-order valence-electron chi connectivity index (χ3n) is 6.76. The highest BCUT2D eigenvalue weighted by molar-refractivity contribution is 5.94. The average Bonchev–Trinajstić information content (AvgIpc) is 3.42. The van der Waals surface area contributed by atoms with Crippen molar-refractivity contribution < 1.29 is 22.4 Å². The molecule has 2 aliphatic rings. The number of carbonyl (C=O) groups is 1. The van der Waals surface area contributed by atoms with Crippen molar-refractivity contribution in [3.63, 3.8) is 0 Å². The third kappa shape index (κ3) is 4.55. The molecule has 3 aromatic rings. The number of nitrogens with one attached hydrogen (secondary N) is 1. The van der Waals surface area contributed by atoms with E-state index in [4.69, 9.17) is 0 Å². The summed E-state index contributed by atoms with van der Waals surface area (Å²) in [5.74, 6) is -1.09. The van der Waals surface area contributed by atoms with Crippen molar-refractivity contribution in [2.75, 3.05) is 0 Å². The van der Waals surface area contributed by atoms with Crippen molar-refractivity contribution in [3.8, 4) is 11.4 Å². The fourth-order valence-electron chi connectivity index (χ4n) is 4.85. The van der Waals surface area contributed by atoms with Crippen LogP contribution in [0.1, 0.15) is 59.6 Å². The maximum atomic E-state index is 14.9. The maximum Gasteiger partial charge on any atom is 0.392 e. The molecule has 0 unspecified atom stereocenters. The second kappa shape index (κ2) is 9.09. The minimum atomic E-state index is -4.29. The molecule has 1 N–H and O–H groups in total. The van der Waals surface area contributed by atoms with E-state index in [-0.39, 0.29) is 49.1 Å². The number of alkyl halides is 3. The highest BCUT2D eigenvalue weighted by Crippen LogP contribution is 2.35. The number of imidazole rings is 1. The lowest BCUT2D eigenvalue weighted by Crippen LogP contribution is -2.31. The van der Waals surface area contributed by atoms with Crippen LogP contribution in [0.2, 0.25) is 0 Å². The van der Waals surface area contributed by atoms with Crippen molar-refractivity contribution in [2.45, 2.75) is 71.3 Å². The van der Waals surface area contributed by atoms with Gasteiger partial charge in [-0.15, -0.1) is 0 Å². The van der Waals surface area contributed by atoms with E-state index in [0.29, 0.717) is 17.7 Å². The molecule has 0 saturated heterocycles. The first-order valence-corrected chi connectivity index (χ1v) is 11.9. The molecular formula is C24H26F4N6O. The van der Waals surface area contributed by atoms with Crippen molar-refractivity contribution in [2.24, 2.45) is 5.92 Å². The van der Waals surface area contributed by atoms with E-state index in [0.717, 1.165) is 37.3 Å². The Bertz CT molecular complexity index is 1260. The third-order valence-corrected chi connectivity index (χ3v) is 6.76. The molecular weight excluding hydrogens is 464 g/mol. The Hall–Kier alpha value is -3.24. The Labute approximate surface area is 199 Å². The number of benzene rings is 1. The molecule has 0 spiro atoms. The van der Waals surface area contributed by atoms with Crippen LogP contribution >= 0.6 is 0 Å². The molecule has 0 fully saturated rings. The summed E-state index contributed by atoms with van der Waals surface area (Å²) in [6.07, 6.45) is -1.05. The fraction of sp³-hybridized carbons (Fsp3) is 0.500. The second-order valence-corrected chi connectivity index (χ2v) is 9.09. The number of aromatic nitrogens is 5. The molecule has 0 saturated carbocycles. The van der Waals surface area contributed by atoms with Gasteiger partial charge in [-0.25, -0.2) is 19.0 Å². The van der Waals surface area contributed by atoms with Crippen LogP contribution < -0.4 is 5.32 Å². The monoisotopic (exact) mass is 490 g/mol. The Morgan fingerprint density at radius 1 is 1.17 bits per heavy atom. The molecule has 1 atom stereocenters. The number of rotatable bonds is 5. The first-order valence-electron chi connectivity index (χ1n) is 11.9. The van der Waals surface area contributed by atoms with Crippen molar-refractivity contribution in [3.05, 3.63) is 52.6 Å². The topological polar surface area (TPSA) is 77.6 Å². The molecule has 0 radical (unpaired) electrons. The summed E-state index contributed by atoms with van der Waals surface area (Å²) >= 11 is 0. The van der Waals surface area contributed by atoms with Crippen LogP contribution in [0.5, 0.6) is 0 Å². The van der Waals surface area contributed by atoms with Gasteiger partial charge in [0.1, 0.15) is 23.2 Å². The summed E-state index contributed by atoms with van der Waals surface area (Å²) in [6, 6.07) is 4.45. The highest BCUT2D eigenvalue weighted by Gasteiger charge is 2.42. The SMILES string of the molecule is CCc1nc2n(c1C(=O)NCc1ccc(-c3nc4n(n3)CC[C@H](C(F)(F)F)C4)c(F)c1)CCCC2. The molecule has 11 heteroatoms. The number of nitrogens with zero attached hydrogens (tertiary/aromatic N) is 5. The van der Waals surface area contributed by atoms with Gasteiger partial charge in [0.05, 0.1) is 17.2 Å². The van der Waals surface area contributed by atoms with Crippen LogP contribution in [-0.2, 0) is 38.9 Å². The summed E-state index contributed by atoms with van der Waals surface area (Å²) in [7, 11) is 0. The van der Waals surface area contributed by atoms with Crippen LogP contribution in [0.3, 0.4) is 0 Å². The van der Waals surface area contributed by atoms with E-state index in [2.05, 4.69) is 20.4 Å². The molecule has 7 nitrogen and oxygen atoms in total. The lowest BCUT2D eigenvalue weighted by molar-refractivity contribution is -0.179. The molecule has 0 aliphatic carbocycles. The lowest BCUT2D eigenvalue weighted by atomic mass is 9.98. The minimum absolute atomic E-state index is 0.0642. The summed E-state index contributed by atoms with van der Waals surface area (Å²) in [6.45, 7) is 2.94. The second-order valence-electron chi connectivity index (χ2n) is 9.09. The smallest absolute Gasteiger partial charge is 0.347 e. The van der Waals surface area contributed by atoms with Crippen LogP contribution in [0.15, 0.2) is 18.2 Å². The number of halogens is 4. The molecule has 35 heavy (non-hydrogen) atoms. The van der Waals surface area contributed by atoms with E-state index >= 15 is 0 Å². The molecule has 0 bridgehead atoms. The molecule has 4 heterocycles. The standard InChI is InChI=1S/C24H26F4N6O/c1-2-18-21(33-9-4-3-5-19(33)30-18)23(35)29-13-14-6-7-16(17(25)11-14)22-31-20-12-15(24(26,27)28)8-10-34(20)32-22/h6-7,11,15H,2-5,8-10,12-13H2,1H3,(H,29,35)/t15-/m0/s1. The Morgan fingerprint density at radius 3 is 2.74 bits per heavy atom. The summed E-state index contributed by atoms with van der Waals surface area (Å²) in [5.41, 5.74) is 2.01. The van der Waals surface area contributed by atoms with Crippen LogP contribution in [0.25, 0.3) is 11.4 Å². The Kier molecular flexibility index (Phi) is 6.10. The van der Waals surface area contributed by atoms with Crippen molar-refractivity contribution in [1.29, 1.82) is 0 Å². The predicted molar refractivity (Wildman–Crippen MR) is 119 cm³/mol. The zero-order valence-corrected chi connectivity index (χ0v) is 19.3. The van der Waals surface area contributed by atoms with E-state index in [1.165, 1.54) is 16.8 Å². The number of aryl methyl sites for hydroxylation is 3. The van der Waals surface area contributed by atoms with E-state index in [1.54, 1.807) is 6.07 Å². The zero-order chi connectivity index (χ0) is 24.7. The average molecular weight is 491 g/mol. The van der Waals surface area contributed by atoms with E-state index < -0.39 is 17.9 Å². The lowest BCUT2D eigenvalue weighted by Gasteiger charge is -2.24. The van der Waals surface area contributed by atoms with E-state index in [1.807, 2.05) is 11.5 Å². The first kappa shape index (κ1) is 23.5. The van der Waals surface area contributed by atoms with Gasteiger partial charge in [-0.3, -0.25) is 4.79 Å². The van der Waals surface area contributed by atoms with Gasteiger partial charge >= 0.3 is 6.18 Å². The van der Waals surface area contributed by atoms with Gasteiger partial charge in [-0.1, -0.05) is 13.0 Å². The molecule has 186 valence electrons. The van der Waals surface area contributed by atoms with Gasteiger partial charge in [-0.05, 0) is 43.4 Å². The van der Waals surface area contributed by atoms with Crippen LogP contribution in [-0.4, -0.2) is 36.4 Å². The first-order chi connectivity index (χ1) is 16.7. The Morgan fingerprint density at radius 2 is 2.00 bits per heavy atom. The van der Waals surface area contributed by atoms with Crippen molar-refractivity contribution >= 4 is 5.91 Å². The number of carbonyl (C=O) groups excluding carboxylic acids is 1. The Balaban J connectivity index is 1.29. The van der Waals surface area contributed by atoms with Crippen LogP contribution in [0, 0.1) is 11.7 Å². The van der Waals surface area contributed by atoms with Crippen LogP contribution in [0.4, 0.5) is 17.6 Å². The van der Waals surface area contributed by atoms with Gasteiger partial charge < -0.3 is 9.88 Å². The number of hydrogen-bond acceptors (Lipinski definition) is 4. The predicted octanol–water partition coefficient (Wildman–Crippen LogP) is 4.23. The number of amides is 1. The van der Waals surface area contributed by atoms with Gasteiger partial charge in [0.2, 0.25) is 0 Å². The fourth-order valence-corrected chi connectivity index (χ4v) is 4.85. The molecule has 1 amide bonds. The molecule has 2 aromatic heterocycles. The van der Waals surface area contributed by atoms with Gasteiger partial charge in [0.25, 0.3) is 5.91 Å². The molecule has 2 aliphatic heterocycles. The highest BCUT2D eigenvalue weighted by atomic mass is 19.4. The minimum Gasteiger partial charge on any atom is -0.347 e. The summed E-state index contributed by atoms with van der Waals surface area (Å²) in [5, 5.41) is 7.08. The summed E-state index contributed by atoms with van der Waals surface area (Å²) in [4.78, 5) is 21.7. The number of hydrogen-bond donors (Lipinski definition) is 1. The van der Waals surface area contributed by atoms with E-state index in [9.17, 15) is 22.4 Å². The largest absolute Gasteiger partial charge is 0.392 e. The van der Waals surface area contributed by atoms with Gasteiger partial charge in [-0.2, -0.15) is 18.3 Å². The summed E-state index contributed by atoms with van der Waals surface area (Å²) < 4.78 is 57.5. The maximum absolute atomic E-state index is 14.9. The molecule has 1 aromatic carbocycles. The quantitative estimate of drug-likeness (QED) is 0.543. The van der Waals surface area contributed by atoms with Gasteiger partial charge in [0, 0.05) is 32.5 Å². The zero-order valence-electron chi connectivity index (χ0n) is 19.3. The number of fused-ring (bicyclic) bond motifs is 2. The molecule has 5 rings (SSSR count). The normalized spacial score (nSPS) is 17.7. The van der Waals surface area contributed by atoms with Gasteiger partial charge in [0.15, 0.2) is 5.82 Å². The van der Waals surface area contributed by atoms with Crippen molar-refractivity contribution in [1.82, 2.24) is 29.6 Å².